The minimum atomic E-state index is -0.443. The maximum Gasteiger partial charge on any atom is 0.229 e. The number of hydrogen-bond acceptors (Lipinski definition) is 4. The Balaban J connectivity index is 0.00000192. The number of hydrogen-bond donors (Lipinski definition) is 1. The number of nitrogens with zero attached hydrogens (tertiary/aromatic N) is 2. The van der Waals surface area contributed by atoms with Gasteiger partial charge in [0.05, 0.1) is 0 Å². The highest BCUT2D eigenvalue weighted by Gasteiger charge is 2.21. The van der Waals surface area contributed by atoms with Gasteiger partial charge < -0.3 is 9.73 Å². The van der Waals surface area contributed by atoms with Crippen LogP contribution in [0.2, 0.25) is 0 Å². The van der Waals surface area contributed by atoms with E-state index in [1.807, 2.05) is 51.1 Å². The van der Waals surface area contributed by atoms with Gasteiger partial charge in [-0.05, 0) is 30.3 Å². The average molecular weight is 332 g/mol. The first-order chi connectivity index (χ1) is 10.4. The van der Waals surface area contributed by atoms with E-state index >= 15 is 0 Å². The molecule has 120 valence electrons. The molecule has 0 aliphatic rings. The first-order valence-electron chi connectivity index (χ1n) is 7.06. The molecule has 0 aliphatic carbocycles. The highest BCUT2D eigenvalue weighted by Crippen LogP contribution is 2.26. The van der Waals surface area contributed by atoms with Gasteiger partial charge in [-0.2, -0.15) is 0 Å². The highest BCUT2D eigenvalue weighted by atomic mass is 35.5. The third-order valence-corrected chi connectivity index (χ3v) is 3.25. The topological polar surface area (TPSA) is 68.0 Å². The van der Waals surface area contributed by atoms with Crippen molar-refractivity contribution in [2.45, 2.75) is 20.8 Å². The Bertz CT molecular complexity index is 823. The standard InChI is InChI=1S/C17H17N3O2.ClH/c1-17(2,3)16(21)19-12-4-5-14-13(10-12)20-15(22-14)11-6-8-18-9-7-11;/h4-10H,1-3H3,(H,19,21);1H. The molecule has 3 aromatic rings. The van der Waals surface area contributed by atoms with Gasteiger partial charge in [0.25, 0.3) is 0 Å². The molecule has 2 heterocycles. The van der Waals surface area contributed by atoms with E-state index in [0.29, 0.717) is 22.7 Å². The van der Waals surface area contributed by atoms with Crippen molar-refractivity contribution >= 4 is 35.1 Å². The van der Waals surface area contributed by atoms with Gasteiger partial charge in [-0.25, -0.2) is 4.98 Å². The molecule has 2 aromatic heterocycles. The van der Waals surface area contributed by atoms with Crippen LogP contribution in [0, 0.1) is 5.41 Å². The van der Waals surface area contributed by atoms with E-state index in [-0.39, 0.29) is 18.3 Å². The van der Waals surface area contributed by atoms with Gasteiger partial charge in [-0.15, -0.1) is 12.4 Å². The number of rotatable bonds is 2. The molecule has 5 nitrogen and oxygen atoms in total. The minimum Gasteiger partial charge on any atom is -0.436 e. The lowest BCUT2D eigenvalue weighted by atomic mass is 9.95. The third-order valence-electron chi connectivity index (χ3n) is 3.25. The van der Waals surface area contributed by atoms with Crippen LogP contribution in [0.15, 0.2) is 47.1 Å². The van der Waals surface area contributed by atoms with Crippen molar-refractivity contribution in [2.24, 2.45) is 5.41 Å². The summed E-state index contributed by atoms with van der Waals surface area (Å²) in [4.78, 5) is 20.5. The van der Waals surface area contributed by atoms with Crippen LogP contribution >= 0.6 is 12.4 Å². The lowest BCUT2D eigenvalue weighted by molar-refractivity contribution is -0.123. The molecule has 3 rings (SSSR count). The lowest BCUT2D eigenvalue weighted by Gasteiger charge is -2.17. The van der Waals surface area contributed by atoms with Gasteiger partial charge in [-0.1, -0.05) is 20.8 Å². The Labute approximate surface area is 140 Å². The fourth-order valence-electron chi connectivity index (χ4n) is 1.94. The van der Waals surface area contributed by atoms with Gasteiger partial charge >= 0.3 is 0 Å². The summed E-state index contributed by atoms with van der Waals surface area (Å²) in [5.74, 6) is 0.501. The van der Waals surface area contributed by atoms with E-state index in [4.69, 9.17) is 4.42 Å². The summed E-state index contributed by atoms with van der Waals surface area (Å²) >= 11 is 0. The number of halogens is 1. The SMILES string of the molecule is CC(C)(C)C(=O)Nc1ccc2oc(-c3ccncc3)nc2c1.Cl. The molecule has 1 N–H and O–H groups in total. The van der Waals surface area contributed by atoms with Crippen LogP contribution in [-0.4, -0.2) is 15.9 Å². The van der Waals surface area contributed by atoms with Gasteiger partial charge in [0.15, 0.2) is 5.58 Å². The number of nitrogens with one attached hydrogen (secondary N) is 1. The molecule has 0 bridgehead atoms. The van der Waals surface area contributed by atoms with Gasteiger partial charge in [0, 0.05) is 29.1 Å². The average Bonchev–Trinajstić information content (AvgIpc) is 2.90. The van der Waals surface area contributed by atoms with E-state index in [9.17, 15) is 4.79 Å². The molecule has 0 unspecified atom stereocenters. The molecule has 0 radical (unpaired) electrons. The Kier molecular flexibility index (Phi) is 4.71. The largest absolute Gasteiger partial charge is 0.436 e. The van der Waals surface area contributed by atoms with Crippen LogP contribution < -0.4 is 5.32 Å². The summed E-state index contributed by atoms with van der Waals surface area (Å²) in [6.45, 7) is 5.62. The number of amides is 1. The number of pyridine rings is 1. The van der Waals surface area contributed by atoms with E-state index in [2.05, 4.69) is 15.3 Å². The number of benzene rings is 1. The van der Waals surface area contributed by atoms with Crippen LogP contribution in [0.1, 0.15) is 20.8 Å². The number of carbonyl (C=O) groups excluding carboxylic acids is 1. The molecule has 1 aromatic carbocycles. The van der Waals surface area contributed by atoms with Crippen molar-refractivity contribution in [2.75, 3.05) is 5.32 Å². The maximum absolute atomic E-state index is 12.0. The normalized spacial score (nSPS) is 11.1. The molecule has 6 heteroatoms. The second-order valence-corrected chi connectivity index (χ2v) is 6.14. The van der Waals surface area contributed by atoms with Crippen molar-refractivity contribution in [3.8, 4) is 11.5 Å². The van der Waals surface area contributed by atoms with Gasteiger partial charge in [0.1, 0.15) is 5.52 Å². The Morgan fingerprint density at radius 2 is 1.83 bits per heavy atom. The zero-order valence-electron chi connectivity index (χ0n) is 13.2. The quantitative estimate of drug-likeness (QED) is 0.760. The van der Waals surface area contributed by atoms with Gasteiger partial charge in [-0.3, -0.25) is 9.78 Å². The van der Waals surface area contributed by atoms with Crippen molar-refractivity contribution in [1.82, 2.24) is 9.97 Å². The van der Waals surface area contributed by atoms with Crippen molar-refractivity contribution < 1.29 is 9.21 Å². The molecule has 0 saturated heterocycles. The minimum absolute atomic E-state index is 0. The smallest absolute Gasteiger partial charge is 0.229 e. The van der Waals surface area contributed by atoms with Crippen LogP contribution in [0.25, 0.3) is 22.6 Å². The second kappa shape index (κ2) is 6.38. The van der Waals surface area contributed by atoms with Crippen LogP contribution in [0.3, 0.4) is 0 Å². The molecule has 0 saturated carbocycles. The first-order valence-corrected chi connectivity index (χ1v) is 7.06. The Morgan fingerprint density at radius 3 is 2.48 bits per heavy atom. The van der Waals surface area contributed by atoms with Crippen LogP contribution in [0.4, 0.5) is 5.69 Å². The van der Waals surface area contributed by atoms with E-state index < -0.39 is 5.41 Å². The molecule has 0 fully saturated rings. The van der Waals surface area contributed by atoms with Gasteiger partial charge in [0.2, 0.25) is 11.8 Å². The van der Waals surface area contributed by atoms with Crippen molar-refractivity contribution in [3.05, 3.63) is 42.7 Å². The third kappa shape index (κ3) is 3.68. The summed E-state index contributed by atoms with van der Waals surface area (Å²) in [6.07, 6.45) is 3.39. The van der Waals surface area contributed by atoms with E-state index in [1.165, 1.54) is 0 Å². The number of anilines is 1. The van der Waals surface area contributed by atoms with Crippen molar-refractivity contribution in [3.63, 3.8) is 0 Å². The summed E-state index contributed by atoms with van der Waals surface area (Å²) in [7, 11) is 0. The van der Waals surface area contributed by atoms with Crippen LogP contribution in [0.5, 0.6) is 0 Å². The van der Waals surface area contributed by atoms with E-state index in [1.54, 1.807) is 12.4 Å². The fourth-order valence-corrected chi connectivity index (χ4v) is 1.94. The summed E-state index contributed by atoms with van der Waals surface area (Å²) < 4.78 is 5.73. The summed E-state index contributed by atoms with van der Waals surface area (Å²) in [6, 6.07) is 9.12. The monoisotopic (exact) mass is 331 g/mol. The molecule has 0 atom stereocenters. The number of fused-ring (bicyclic) bond motifs is 1. The molecule has 1 amide bonds. The number of carbonyl (C=O) groups is 1. The summed E-state index contributed by atoms with van der Waals surface area (Å²) in [5, 5.41) is 2.89. The molecule has 0 spiro atoms. The van der Waals surface area contributed by atoms with Crippen LogP contribution in [-0.2, 0) is 4.79 Å². The van der Waals surface area contributed by atoms with Crippen molar-refractivity contribution in [1.29, 1.82) is 0 Å². The summed E-state index contributed by atoms with van der Waals surface area (Å²) in [5.41, 5.74) is 2.52. The Hall–Kier alpha value is -2.40. The Morgan fingerprint density at radius 1 is 1.13 bits per heavy atom. The number of oxazole rings is 1. The predicted molar refractivity (Wildman–Crippen MR) is 92.6 cm³/mol. The fraction of sp³-hybridized carbons (Fsp3) is 0.235. The van der Waals surface area contributed by atoms with E-state index in [0.717, 1.165) is 5.56 Å². The molecule has 0 aliphatic heterocycles. The molecular weight excluding hydrogens is 314 g/mol. The highest BCUT2D eigenvalue weighted by molar-refractivity contribution is 5.96. The molecule has 23 heavy (non-hydrogen) atoms. The first kappa shape index (κ1) is 17.0. The number of aromatic nitrogens is 2. The lowest BCUT2D eigenvalue weighted by Crippen LogP contribution is -2.27. The second-order valence-electron chi connectivity index (χ2n) is 6.14. The zero-order valence-corrected chi connectivity index (χ0v) is 14.0. The maximum atomic E-state index is 12.0. The zero-order chi connectivity index (χ0) is 15.7. The predicted octanol–water partition coefficient (Wildman–Crippen LogP) is 4.30. The molecular formula is C17H18ClN3O2.